The summed E-state index contributed by atoms with van der Waals surface area (Å²) >= 11 is 0. The van der Waals surface area contributed by atoms with Crippen LogP contribution in [0.5, 0.6) is 0 Å². The van der Waals surface area contributed by atoms with Crippen LogP contribution in [0, 0.1) is 11.3 Å². The van der Waals surface area contributed by atoms with Gasteiger partial charge in [-0.3, -0.25) is 0 Å². The SMILES string of the molecule is CC1CC(C)(C)CCC1N1CCC(N)CC1. The third kappa shape index (κ3) is 2.78. The van der Waals surface area contributed by atoms with Crippen molar-refractivity contribution in [2.24, 2.45) is 17.1 Å². The molecule has 1 aliphatic heterocycles. The Kier molecular flexibility index (Phi) is 3.60. The largest absolute Gasteiger partial charge is 0.328 e. The van der Waals surface area contributed by atoms with Crippen molar-refractivity contribution in [3.05, 3.63) is 0 Å². The molecule has 1 saturated heterocycles. The molecule has 0 radical (unpaired) electrons. The van der Waals surface area contributed by atoms with E-state index in [-0.39, 0.29) is 0 Å². The standard InChI is InChI=1S/C14H28N2/c1-11-10-14(2,3)7-4-13(11)16-8-5-12(15)6-9-16/h11-13H,4-10,15H2,1-3H3. The molecule has 1 aliphatic carbocycles. The maximum atomic E-state index is 5.98. The van der Waals surface area contributed by atoms with Gasteiger partial charge in [0.15, 0.2) is 0 Å². The molecule has 2 heteroatoms. The zero-order chi connectivity index (χ0) is 11.8. The van der Waals surface area contributed by atoms with Crippen LogP contribution in [0.2, 0.25) is 0 Å². The monoisotopic (exact) mass is 224 g/mol. The van der Waals surface area contributed by atoms with Crippen molar-refractivity contribution in [2.45, 2.75) is 65.0 Å². The summed E-state index contributed by atoms with van der Waals surface area (Å²) in [5, 5.41) is 0. The first-order valence-electron chi connectivity index (χ1n) is 6.97. The van der Waals surface area contributed by atoms with E-state index in [1.165, 1.54) is 45.2 Å². The fraction of sp³-hybridized carbons (Fsp3) is 1.00. The van der Waals surface area contributed by atoms with Gasteiger partial charge < -0.3 is 10.6 Å². The molecule has 1 saturated carbocycles. The Morgan fingerprint density at radius 2 is 1.75 bits per heavy atom. The Balaban J connectivity index is 1.90. The molecule has 2 nitrogen and oxygen atoms in total. The average molecular weight is 224 g/mol. The van der Waals surface area contributed by atoms with E-state index in [1.807, 2.05) is 0 Å². The lowest BCUT2D eigenvalue weighted by molar-refractivity contribution is 0.0450. The van der Waals surface area contributed by atoms with Crippen LogP contribution in [0.3, 0.4) is 0 Å². The maximum absolute atomic E-state index is 5.98. The molecular weight excluding hydrogens is 196 g/mol. The number of rotatable bonds is 1. The molecule has 2 aliphatic rings. The second kappa shape index (κ2) is 4.66. The Labute approximate surface area is 101 Å². The number of nitrogens with zero attached hydrogens (tertiary/aromatic N) is 1. The first-order valence-corrected chi connectivity index (χ1v) is 6.97. The average Bonchev–Trinajstić information content (AvgIpc) is 2.19. The quantitative estimate of drug-likeness (QED) is 0.742. The Bertz CT molecular complexity index is 229. The van der Waals surface area contributed by atoms with Crippen LogP contribution >= 0.6 is 0 Å². The fourth-order valence-corrected chi connectivity index (χ4v) is 3.73. The predicted octanol–water partition coefficient (Wildman–Crippen LogP) is 2.62. The molecule has 2 N–H and O–H groups in total. The minimum atomic E-state index is 0.464. The van der Waals surface area contributed by atoms with E-state index in [2.05, 4.69) is 25.7 Å². The summed E-state index contributed by atoms with van der Waals surface area (Å²) in [7, 11) is 0. The molecule has 0 amide bonds. The van der Waals surface area contributed by atoms with Crippen molar-refractivity contribution in [1.29, 1.82) is 0 Å². The second-order valence-electron chi connectivity index (χ2n) is 6.83. The van der Waals surface area contributed by atoms with Crippen molar-refractivity contribution in [2.75, 3.05) is 13.1 Å². The lowest BCUT2D eigenvalue weighted by atomic mass is 9.70. The van der Waals surface area contributed by atoms with Crippen LogP contribution < -0.4 is 5.73 Å². The zero-order valence-corrected chi connectivity index (χ0v) is 11.2. The number of nitrogens with two attached hydrogens (primary N) is 1. The van der Waals surface area contributed by atoms with E-state index in [9.17, 15) is 0 Å². The van der Waals surface area contributed by atoms with Crippen LogP contribution in [0.15, 0.2) is 0 Å². The van der Waals surface area contributed by atoms with Crippen molar-refractivity contribution in [1.82, 2.24) is 4.90 Å². The second-order valence-corrected chi connectivity index (χ2v) is 6.83. The number of piperidine rings is 1. The zero-order valence-electron chi connectivity index (χ0n) is 11.2. The Morgan fingerprint density at radius 1 is 1.12 bits per heavy atom. The van der Waals surface area contributed by atoms with Gasteiger partial charge in [-0.25, -0.2) is 0 Å². The van der Waals surface area contributed by atoms with Crippen LogP contribution in [-0.4, -0.2) is 30.1 Å². The lowest BCUT2D eigenvalue weighted by Crippen LogP contribution is -2.50. The Hall–Kier alpha value is -0.0800. The molecule has 1 heterocycles. The molecule has 16 heavy (non-hydrogen) atoms. The van der Waals surface area contributed by atoms with Gasteiger partial charge in [0, 0.05) is 12.1 Å². The molecule has 2 rings (SSSR count). The van der Waals surface area contributed by atoms with E-state index in [1.54, 1.807) is 0 Å². The minimum absolute atomic E-state index is 0.464. The Morgan fingerprint density at radius 3 is 2.31 bits per heavy atom. The molecule has 94 valence electrons. The molecule has 2 atom stereocenters. The maximum Gasteiger partial charge on any atom is 0.0121 e. The molecule has 0 aromatic rings. The normalized spacial score (nSPS) is 37.5. The van der Waals surface area contributed by atoms with Gasteiger partial charge in [-0.15, -0.1) is 0 Å². The molecular formula is C14H28N2. The summed E-state index contributed by atoms with van der Waals surface area (Å²) in [6.07, 6.45) is 6.58. The van der Waals surface area contributed by atoms with Crippen LogP contribution in [-0.2, 0) is 0 Å². The summed E-state index contributed by atoms with van der Waals surface area (Å²) < 4.78 is 0. The van der Waals surface area contributed by atoms with Gasteiger partial charge in [0.25, 0.3) is 0 Å². The number of hydrogen-bond acceptors (Lipinski definition) is 2. The molecule has 0 aromatic carbocycles. The third-order valence-electron chi connectivity index (χ3n) is 4.69. The van der Waals surface area contributed by atoms with E-state index < -0.39 is 0 Å². The van der Waals surface area contributed by atoms with Crippen LogP contribution in [0.4, 0.5) is 0 Å². The van der Waals surface area contributed by atoms with Gasteiger partial charge in [-0.05, 0) is 56.5 Å². The lowest BCUT2D eigenvalue weighted by Gasteiger charge is -2.46. The van der Waals surface area contributed by atoms with Gasteiger partial charge in [0.1, 0.15) is 0 Å². The molecule has 2 fully saturated rings. The van der Waals surface area contributed by atoms with E-state index in [0.29, 0.717) is 11.5 Å². The van der Waals surface area contributed by atoms with E-state index in [0.717, 1.165) is 12.0 Å². The van der Waals surface area contributed by atoms with Crippen LogP contribution in [0.25, 0.3) is 0 Å². The minimum Gasteiger partial charge on any atom is -0.328 e. The first-order chi connectivity index (χ1) is 7.48. The summed E-state index contributed by atoms with van der Waals surface area (Å²) in [6, 6.07) is 1.30. The number of likely N-dealkylation sites (tertiary alicyclic amines) is 1. The van der Waals surface area contributed by atoms with Crippen molar-refractivity contribution < 1.29 is 0 Å². The van der Waals surface area contributed by atoms with Crippen molar-refractivity contribution in [3.8, 4) is 0 Å². The predicted molar refractivity (Wildman–Crippen MR) is 69.4 cm³/mol. The molecule has 2 unspecified atom stereocenters. The summed E-state index contributed by atoms with van der Waals surface area (Å²) in [6.45, 7) is 9.75. The highest BCUT2D eigenvalue weighted by atomic mass is 15.2. The fourth-order valence-electron chi connectivity index (χ4n) is 3.73. The van der Waals surface area contributed by atoms with Crippen molar-refractivity contribution >= 4 is 0 Å². The summed E-state index contributed by atoms with van der Waals surface area (Å²) in [5.41, 5.74) is 6.55. The van der Waals surface area contributed by atoms with Crippen molar-refractivity contribution in [3.63, 3.8) is 0 Å². The van der Waals surface area contributed by atoms with Gasteiger partial charge in [0.2, 0.25) is 0 Å². The van der Waals surface area contributed by atoms with E-state index >= 15 is 0 Å². The van der Waals surface area contributed by atoms with Gasteiger partial charge in [-0.2, -0.15) is 0 Å². The van der Waals surface area contributed by atoms with Gasteiger partial charge in [-0.1, -0.05) is 20.8 Å². The van der Waals surface area contributed by atoms with Gasteiger partial charge >= 0.3 is 0 Å². The highest BCUT2D eigenvalue weighted by molar-refractivity contribution is 4.90. The molecule has 0 aromatic heterocycles. The van der Waals surface area contributed by atoms with Crippen LogP contribution in [0.1, 0.15) is 52.9 Å². The molecule has 0 bridgehead atoms. The van der Waals surface area contributed by atoms with Gasteiger partial charge in [0.05, 0.1) is 0 Å². The topological polar surface area (TPSA) is 29.3 Å². The van der Waals surface area contributed by atoms with E-state index in [4.69, 9.17) is 5.73 Å². The highest BCUT2D eigenvalue weighted by Crippen LogP contribution is 2.40. The number of hydrogen-bond donors (Lipinski definition) is 1. The first kappa shape index (κ1) is 12.4. The smallest absolute Gasteiger partial charge is 0.0121 e. The third-order valence-corrected chi connectivity index (χ3v) is 4.69. The molecule has 0 spiro atoms. The summed E-state index contributed by atoms with van der Waals surface area (Å²) in [4.78, 5) is 2.71. The highest BCUT2D eigenvalue weighted by Gasteiger charge is 2.36. The summed E-state index contributed by atoms with van der Waals surface area (Å²) in [5.74, 6) is 0.859.